The number of nitrogens with two attached hydrogens (primary N) is 1. The standard InChI is InChI=1S/C4H7NO2.C2H6/c1-3(2)4(6)7-5;1-2/h1,5H2,2H3;1-2H3. The summed E-state index contributed by atoms with van der Waals surface area (Å²) < 4.78 is 0. The first kappa shape index (κ1) is 11.0. The molecular formula is C6H13NO2. The van der Waals surface area contributed by atoms with E-state index in [4.69, 9.17) is 0 Å². The summed E-state index contributed by atoms with van der Waals surface area (Å²) in [6.45, 7) is 8.79. The maximum atomic E-state index is 10.1. The SMILES string of the molecule is C=C(C)C(=O)ON.CC. The van der Waals surface area contributed by atoms with Gasteiger partial charge in [-0.05, 0) is 6.92 Å². The van der Waals surface area contributed by atoms with E-state index in [1.807, 2.05) is 13.8 Å². The summed E-state index contributed by atoms with van der Waals surface area (Å²) in [7, 11) is 0. The van der Waals surface area contributed by atoms with Crippen molar-refractivity contribution in [2.45, 2.75) is 20.8 Å². The lowest BCUT2D eigenvalue weighted by molar-refractivity contribution is -0.139. The summed E-state index contributed by atoms with van der Waals surface area (Å²) in [6.07, 6.45) is 0. The molecule has 9 heavy (non-hydrogen) atoms. The second kappa shape index (κ2) is 7.17. The van der Waals surface area contributed by atoms with E-state index in [0.29, 0.717) is 5.57 Å². The molecule has 0 aliphatic rings. The molecule has 0 aliphatic heterocycles. The van der Waals surface area contributed by atoms with Crippen molar-refractivity contribution in [3.05, 3.63) is 12.2 Å². The van der Waals surface area contributed by atoms with Gasteiger partial charge in [-0.1, -0.05) is 20.4 Å². The van der Waals surface area contributed by atoms with Gasteiger partial charge in [-0.15, -0.1) is 0 Å². The van der Waals surface area contributed by atoms with E-state index in [1.54, 1.807) is 0 Å². The van der Waals surface area contributed by atoms with Gasteiger partial charge in [-0.2, -0.15) is 5.90 Å². The third-order valence-electron chi connectivity index (χ3n) is 0.455. The molecule has 0 rings (SSSR count). The van der Waals surface area contributed by atoms with Crippen molar-refractivity contribution in [1.29, 1.82) is 0 Å². The van der Waals surface area contributed by atoms with Crippen LogP contribution in [0.5, 0.6) is 0 Å². The van der Waals surface area contributed by atoms with Gasteiger partial charge in [0.25, 0.3) is 0 Å². The van der Waals surface area contributed by atoms with Crippen LogP contribution in [0.25, 0.3) is 0 Å². The van der Waals surface area contributed by atoms with Gasteiger partial charge in [-0.3, -0.25) is 0 Å². The van der Waals surface area contributed by atoms with Gasteiger partial charge < -0.3 is 4.84 Å². The Morgan fingerprint density at radius 2 is 1.89 bits per heavy atom. The van der Waals surface area contributed by atoms with Crippen molar-refractivity contribution in [3.8, 4) is 0 Å². The Kier molecular flexibility index (Phi) is 8.79. The van der Waals surface area contributed by atoms with Crippen molar-refractivity contribution in [1.82, 2.24) is 0 Å². The normalized spacial score (nSPS) is 6.67. The van der Waals surface area contributed by atoms with Gasteiger partial charge in [0.1, 0.15) is 0 Å². The molecule has 0 bridgehead atoms. The number of carbonyl (C=O) groups excluding carboxylic acids is 1. The quantitative estimate of drug-likeness (QED) is 0.426. The van der Waals surface area contributed by atoms with Crippen molar-refractivity contribution in [2.24, 2.45) is 5.90 Å². The van der Waals surface area contributed by atoms with Crippen molar-refractivity contribution < 1.29 is 9.63 Å². The van der Waals surface area contributed by atoms with Crippen molar-refractivity contribution >= 4 is 5.97 Å². The number of rotatable bonds is 1. The minimum Gasteiger partial charge on any atom is -0.370 e. The molecule has 0 aliphatic carbocycles. The average Bonchev–Trinajstić information content (AvgIpc) is 1.91. The monoisotopic (exact) mass is 131 g/mol. The van der Waals surface area contributed by atoms with E-state index in [1.165, 1.54) is 6.92 Å². The highest BCUT2D eigenvalue weighted by Crippen LogP contribution is 1.85. The summed E-state index contributed by atoms with van der Waals surface area (Å²) >= 11 is 0. The Bertz CT molecular complexity index is 99.2. The molecule has 0 heterocycles. The topological polar surface area (TPSA) is 52.3 Å². The molecule has 0 saturated carbocycles. The Morgan fingerprint density at radius 1 is 1.56 bits per heavy atom. The van der Waals surface area contributed by atoms with Gasteiger partial charge in [0.05, 0.1) is 0 Å². The molecule has 0 atom stereocenters. The van der Waals surface area contributed by atoms with Gasteiger partial charge in [0, 0.05) is 5.57 Å². The molecule has 0 radical (unpaired) electrons. The summed E-state index contributed by atoms with van der Waals surface area (Å²) in [5, 5.41) is 0. The molecule has 3 nitrogen and oxygen atoms in total. The zero-order chi connectivity index (χ0) is 7.86. The fourth-order valence-electron chi connectivity index (χ4n) is 0.101. The van der Waals surface area contributed by atoms with Crippen LogP contribution in [0, 0.1) is 0 Å². The van der Waals surface area contributed by atoms with E-state index < -0.39 is 5.97 Å². The van der Waals surface area contributed by atoms with Crippen LogP contribution in [-0.2, 0) is 9.63 Å². The third-order valence-corrected chi connectivity index (χ3v) is 0.455. The lowest BCUT2D eigenvalue weighted by atomic mass is 10.4. The highest BCUT2D eigenvalue weighted by Gasteiger charge is 1.96. The van der Waals surface area contributed by atoms with E-state index in [-0.39, 0.29) is 0 Å². The highest BCUT2D eigenvalue weighted by molar-refractivity contribution is 5.86. The van der Waals surface area contributed by atoms with E-state index in [2.05, 4.69) is 17.3 Å². The summed E-state index contributed by atoms with van der Waals surface area (Å²) in [5.41, 5.74) is 0.308. The summed E-state index contributed by atoms with van der Waals surface area (Å²) in [5.74, 6) is 3.89. The van der Waals surface area contributed by atoms with Crippen LogP contribution in [-0.4, -0.2) is 5.97 Å². The Balaban J connectivity index is 0. The molecule has 2 N–H and O–H groups in total. The lowest BCUT2D eigenvalue weighted by Crippen LogP contribution is -2.09. The van der Waals surface area contributed by atoms with Gasteiger partial charge >= 0.3 is 5.97 Å². The van der Waals surface area contributed by atoms with Crippen LogP contribution >= 0.6 is 0 Å². The molecule has 0 amide bonds. The largest absolute Gasteiger partial charge is 0.370 e. The molecule has 0 unspecified atom stereocenters. The minimum absolute atomic E-state index is 0.308. The van der Waals surface area contributed by atoms with Crippen molar-refractivity contribution in [3.63, 3.8) is 0 Å². The van der Waals surface area contributed by atoms with Crippen LogP contribution in [0.4, 0.5) is 0 Å². The number of carbonyl (C=O) groups is 1. The smallest absolute Gasteiger partial charge is 0.351 e. The molecule has 0 fully saturated rings. The predicted molar refractivity (Wildman–Crippen MR) is 36.4 cm³/mol. The van der Waals surface area contributed by atoms with Crippen LogP contribution in [0.1, 0.15) is 20.8 Å². The molecule has 0 spiro atoms. The molecule has 3 heteroatoms. The molecule has 54 valence electrons. The van der Waals surface area contributed by atoms with Crippen LogP contribution in [0.3, 0.4) is 0 Å². The first-order chi connectivity index (χ1) is 4.18. The van der Waals surface area contributed by atoms with E-state index in [0.717, 1.165) is 0 Å². The predicted octanol–water partition coefficient (Wildman–Crippen LogP) is 1.01. The van der Waals surface area contributed by atoms with Crippen molar-refractivity contribution in [2.75, 3.05) is 0 Å². The zero-order valence-electron chi connectivity index (χ0n) is 6.10. The minimum atomic E-state index is -0.569. The summed E-state index contributed by atoms with van der Waals surface area (Å²) in [4.78, 5) is 13.8. The average molecular weight is 131 g/mol. The second-order valence-corrected chi connectivity index (χ2v) is 1.19. The first-order valence-electron chi connectivity index (χ1n) is 2.75. The molecular weight excluding hydrogens is 118 g/mol. The Labute approximate surface area is 55.4 Å². The lowest BCUT2D eigenvalue weighted by Gasteiger charge is -1.90. The molecule has 0 saturated heterocycles. The zero-order valence-corrected chi connectivity index (χ0v) is 6.10. The molecule has 0 aromatic heterocycles. The number of hydrogen-bond donors (Lipinski definition) is 1. The highest BCUT2D eigenvalue weighted by atomic mass is 16.7. The second-order valence-electron chi connectivity index (χ2n) is 1.19. The Hall–Kier alpha value is -0.830. The third kappa shape index (κ3) is 7.17. The summed E-state index contributed by atoms with van der Waals surface area (Å²) in [6, 6.07) is 0. The molecule has 0 aromatic carbocycles. The number of hydrogen-bond acceptors (Lipinski definition) is 3. The van der Waals surface area contributed by atoms with Crippen LogP contribution in [0.15, 0.2) is 12.2 Å². The maximum absolute atomic E-state index is 10.1. The van der Waals surface area contributed by atoms with E-state index >= 15 is 0 Å². The fourth-order valence-corrected chi connectivity index (χ4v) is 0.101. The van der Waals surface area contributed by atoms with Gasteiger partial charge in [-0.25, -0.2) is 4.79 Å². The van der Waals surface area contributed by atoms with Crippen LogP contribution in [0.2, 0.25) is 0 Å². The first-order valence-corrected chi connectivity index (χ1v) is 2.75. The van der Waals surface area contributed by atoms with Gasteiger partial charge in [0.2, 0.25) is 0 Å². The van der Waals surface area contributed by atoms with Crippen LogP contribution < -0.4 is 5.90 Å². The van der Waals surface area contributed by atoms with Gasteiger partial charge in [0.15, 0.2) is 0 Å². The molecule has 0 aromatic rings. The Morgan fingerprint density at radius 3 is 1.89 bits per heavy atom. The fraction of sp³-hybridized carbons (Fsp3) is 0.500. The maximum Gasteiger partial charge on any atom is 0.351 e. The van der Waals surface area contributed by atoms with E-state index in [9.17, 15) is 4.79 Å².